The quantitative estimate of drug-likeness (QED) is 0.834. The molecule has 5 heteroatoms. The molecule has 1 aromatic carbocycles. The molecule has 1 atom stereocenters. The number of benzene rings is 1. The Labute approximate surface area is 129 Å². The van der Waals surface area contributed by atoms with E-state index in [-0.39, 0.29) is 11.9 Å². The molecule has 0 bridgehead atoms. The monoisotopic (exact) mass is 303 g/mol. The van der Waals surface area contributed by atoms with E-state index in [9.17, 15) is 4.79 Å². The van der Waals surface area contributed by atoms with Crippen LogP contribution in [0.4, 0.5) is 5.69 Å². The molecule has 1 amide bonds. The summed E-state index contributed by atoms with van der Waals surface area (Å²) in [5, 5.41) is 4.06. The van der Waals surface area contributed by atoms with Crippen molar-refractivity contribution in [3.63, 3.8) is 0 Å². The zero-order valence-corrected chi connectivity index (χ0v) is 13.5. The van der Waals surface area contributed by atoms with Crippen LogP contribution in [0.3, 0.4) is 0 Å². The number of hydrogen-bond donors (Lipinski definition) is 2. The van der Waals surface area contributed by atoms with Gasteiger partial charge in [0.25, 0.3) is 0 Å². The Morgan fingerprint density at radius 2 is 2.10 bits per heavy atom. The Bertz CT molecular complexity index is 636. The molecule has 112 valence electrons. The van der Waals surface area contributed by atoms with Crippen LogP contribution in [0.1, 0.15) is 40.5 Å². The fourth-order valence-electron chi connectivity index (χ4n) is 2.34. The molecule has 0 saturated carbocycles. The van der Waals surface area contributed by atoms with Crippen molar-refractivity contribution in [2.45, 2.75) is 39.7 Å². The van der Waals surface area contributed by atoms with Crippen LogP contribution in [-0.4, -0.2) is 10.9 Å². The number of hydrogen-bond acceptors (Lipinski definition) is 4. The second-order valence-electron chi connectivity index (χ2n) is 5.17. The van der Waals surface area contributed by atoms with E-state index in [1.54, 1.807) is 11.3 Å². The van der Waals surface area contributed by atoms with Gasteiger partial charge in [-0.1, -0.05) is 18.2 Å². The van der Waals surface area contributed by atoms with Crippen LogP contribution in [0, 0.1) is 13.8 Å². The normalized spacial score (nSPS) is 12.1. The average molecular weight is 303 g/mol. The lowest BCUT2D eigenvalue weighted by Crippen LogP contribution is -2.26. The van der Waals surface area contributed by atoms with Gasteiger partial charge in [0.1, 0.15) is 0 Å². The number of carbonyl (C=O) groups is 1. The van der Waals surface area contributed by atoms with Gasteiger partial charge in [-0.2, -0.15) is 0 Å². The molecule has 3 N–H and O–H groups in total. The molecule has 0 aliphatic rings. The fourth-order valence-corrected chi connectivity index (χ4v) is 3.27. The number of thiazole rings is 1. The highest BCUT2D eigenvalue weighted by Gasteiger charge is 2.15. The number of nitrogen functional groups attached to an aromatic ring is 1. The summed E-state index contributed by atoms with van der Waals surface area (Å²) in [5.74, 6) is 0.0382. The van der Waals surface area contributed by atoms with E-state index in [0.717, 1.165) is 26.8 Å². The maximum Gasteiger partial charge on any atom is 0.220 e. The van der Waals surface area contributed by atoms with Gasteiger partial charge in [0.2, 0.25) is 5.91 Å². The number of amides is 1. The molecule has 0 saturated heterocycles. The molecule has 2 rings (SSSR count). The highest BCUT2D eigenvalue weighted by molar-refractivity contribution is 7.11. The third-order valence-corrected chi connectivity index (χ3v) is 4.64. The highest BCUT2D eigenvalue weighted by atomic mass is 32.1. The van der Waals surface area contributed by atoms with Gasteiger partial charge in [0.05, 0.1) is 16.7 Å². The number of anilines is 1. The fraction of sp³-hybridized carbons (Fsp3) is 0.375. The van der Waals surface area contributed by atoms with Gasteiger partial charge in [-0.3, -0.25) is 4.79 Å². The van der Waals surface area contributed by atoms with Gasteiger partial charge in [-0.05, 0) is 38.8 Å². The lowest BCUT2D eigenvalue weighted by atomic mass is 10.1. The van der Waals surface area contributed by atoms with Crippen LogP contribution in [-0.2, 0) is 11.2 Å². The van der Waals surface area contributed by atoms with Gasteiger partial charge >= 0.3 is 0 Å². The minimum absolute atomic E-state index is 0.00294. The smallest absolute Gasteiger partial charge is 0.220 e. The van der Waals surface area contributed by atoms with E-state index in [2.05, 4.69) is 10.3 Å². The zero-order chi connectivity index (χ0) is 15.4. The molecule has 0 aliphatic carbocycles. The predicted molar refractivity (Wildman–Crippen MR) is 87.3 cm³/mol. The summed E-state index contributed by atoms with van der Waals surface area (Å²) in [6.45, 7) is 5.95. The standard InChI is InChI=1S/C16H21N3OS/c1-10-16(21-12(3)18-10)11(2)19-15(20)9-8-13-6-4-5-7-14(13)17/h4-7,11H,8-9,17H2,1-3H3,(H,19,20). The van der Waals surface area contributed by atoms with E-state index in [1.807, 2.05) is 45.0 Å². The second-order valence-corrected chi connectivity index (χ2v) is 6.41. The van der Waals surface area contributed by atoms with Crippen molar-refractivity contribution in [3.8, 4) is 0 Å². The Morgan fingerprint density at radius 3 is 2.71 bits per heavy atom. The van der Waals surface area contributed by atoms with Crippen molar-refractivity contribution in [1.82, 2.24) is 10.3 Å². The van der Waals surface area contributed by atoms with Crippen LogP contribution in [0.5, 0.6) is 0 Å². The number of para-hydroxylation sites is 1. The number of nitrogens with zero attached hydrogens (tertiary/aromatic N) is 1. The molecule has 0 radical (unpaired) electrons. The Hall–Kier alpha value is -1.88. The summed E-state index contributed by atoms with van der Waals surface area (Å²) in [7, 11) is 0. The zero-order valence-electron chi connectivity index (χ0n) is 12.6. The molecule has 1 aromatic heterocycles. The first-order chi connectivity index (χ1) is 9.97. The van der Waals surface area contributed by atoms with Gasteiger partial charge in [0.15, 0.2) is 0 Å². The molecule has 0 fully saturated rings. The Balaban J connectivity index is 1.90. The van der Waals surface area contributed by atoms with E-state index < -0.39 is 0 Å². The maximum absolute atomic E-state index is 12.1. The largest absolute Gasteiger partial charge is 0.399 e. The van der Waals surface area contributed by atoms with Crippen LogP contribution >= 0.6 is 11.3 Å². The Kier molecular flexibility index (Phi) is 4.96. The van der Waals surface area contributed by atoms with Gasteiger partial charge in [-0.25, -0.2) is 4.98 Å². The topological polar surface area (TPSA) is 68.0 Å². The van der Waals surface area contributed by atoms with E-state index in [0.29, 0.717) is 12.8 Å². The first-order valence-electron chi connectivity index (χ1n) is 7.04. The minimum atomic E-state index is -0.00294. The summed E-state index contributed by atoms with van der Waals surface area (Å²) in [6.07, 6.45) is 1.10. The second kappa shape index (κ2) is 6.72. The molecule has 0 spiro atoms. The number of nitrogens with one attached hydrogen (secondary N) is 1. The molecule has 4 nitrogen and oxygen atoms in total. The molecule has 1 unspecified atom stereocenters. The van der Waals surface area contributed by atoms with Crippen molar-refractivity contribution in [2.24, 2.45) is 0 Å². The predicted octanol–water partition coefficient (Wildman–Crippen LogP) is 3.15. The Morgan fingerprint density at radius 1 is 1.38 bits per heavy atom. The molecule has 0 aliphatic heterocycles. The number of aryl methyl sites for hydroxylation is 3. The van der Waals surface area contributed by atoms with Crippen LogP contribution in [0.25, 0.3) is 0 Å². The van der Waals surface area contributed by atoms with Gasteiger partial charge in [-0.15, -0.1) is 11.3 Å². The van der Waals surface area contributed by atoms with Crippen LogP contribution < -0.4 is 11.1 Å². The molecule has 1 heterocycles. The van der Waals surface area contributed by atoms with Crippen molar-refractivity contribution >= 4 is 22.9 Å². The third-order valence-electron chi connectivity index (χ3n) is 3.39. The summed E-state index contributed by atoms with van der Waals surface area (Å²) >= 11 is 1.64. The molecule has 2 aromatic rings. The minimum Gasteiger partial charge on any atom is -0.399 e. The van der Waals surface area contributed by atoms with Crippen molar-refractivity contribution in [2.75, 3.05) is 5.73 Å². The molecular weight excluding hydrogens is 282 g/mol. The third kappa shape index (κ3) is 4.04. The first kappa shape index (κ1) is 15.5. The van der Waals surface area contributed by atoms with Crippen molar-refractivity contribution < 1.29 is 4.79 Å². The summed E-state index contributed by atoms with van der Waals surface area (Å²) in [4.78, 5) is 17.6. The van der Waals surface area contributed by atoms with Gasteiger partial charge < -0.3 is 11.1 Å². The van der Waals surface area contributed by atoms with E-state index >= 15 is 0 Å². The summed E-state index contributed by atoms with van der Waals surface area (Å²) < 4.78 is 0. The number of aromatic nitrogens is 1. The van der Waals surface area contributed by atoms with Crippen molar-refractivity contribution in [3.05, 3.63) is 45.4 Å². The SMILES string of the molecule is Cc1nc(C)c(C(C)NC(=O)CCc2ccccc2N)s1. The van der Waals surface area contributed by atoms with Crippen LogP contribution in [0.15, 0.2) is 24.3 Å². The highest BCUT2D eigenvalue weighted by Crippen LogP contribution is 2.24. The van der Waals surface area contributed by atoms with Gasteiger partial charge in [0, 0.05) is 17.0 Å². The molecule has 21 heavy (non-hydrogen) atoms. The van der Waals surface area contributed by atoms with Crippen LogP contribution in [0.2, 0.25) is 0 Å². The number of nitrogens with two attached hydrogens (primary N) is 1. The number of carbonyl (C=O) groups excluding carboxylic acids is 1. The van der Waals surface area contributed by atoms with Crippen molar-refractivity contribution in [1.29, 1.82) is 0 Å². The summed E-state index contributed by atoms with van der Waals surface area (Å²) in [5.41, 5.74) is 8.64. The summed E-state index contributed by atoms with van der Waals surface area (Å²) in [6, 6.07) is 7.66. The number of rotatable bonds is 5. The lowest BCUT2D eigenvalue weighted by molar-refractivity contribution is -0.121. The molecular formula is C16H21N3OS. The van der Waals surface area contributed by atoms with E-state index in [1.165, 1.54) is 0 Å². The maximum atomic E-state index is 12.1. The first-order valence-corrected chi connectivity index (χ1v) is 7.85. The average Bonchev–Trinajstić information content (AvgIpc) is 2.77. The van der Waals surface area contributed by atoms with E-state index in [4.69, 9.17) is 5.73 Å². The lowest BCUT2D eigenvalue weighted by Gasteiger charge is -2.13.